The second kappa shape index (κ2) is 7.34. The number of amides is 2. The number of nitrogens with one attached hydrogen (secondary N) is 2. The highest BCUT2D eigenvalue weighted by atomic mass is 19.1. The van der Waals surface area contributed by atoms with Gasteiger partial charge in [0.25, 0.3) is 0 Å². The summed E-state index contributed by atoms with van der Waals surface area (Å²) in [4.78, 5) is 24.2. The summed E-state index contributed by atoms with van der Waals surface area (Å²) >= 11 is 0. The van der Waals surface area contributed by atoms with Crippen LogP contribution in [0.5, 0.6) is 5.75 Å². The molecule has 1 atom stereocenters. The predicted octanol–water partition coefficient (Wildman–Crippen LogP) is 2.76. The Hall–Kier alpha value is -2.89. The lowest BCUT2D eigenvalue weighted by atomic mass is 9.90. The lowest BCUT2D eigenvalue weighted by molar-refractivity contribution is -0.126. The standard InChI is InChI=1S/C19H19FN2O3/c1-12-3-2-4-14(9-12)25-8-7-21-19(24)16-11-18(23)22-17-10-13(20)5-6-15(16)17/h2-6,9-10,16H,7-8,11H2,1H3,(H,21,24)(H,22,23). The smallest absolute Gasteiger partial charge is 0.228 e. The number of ether oxygens (including phenoxy) is 1. The molecule has 3 rings (SSSR count). The minimum atomic E-state index is -0.622. The number of hydrogen-bond acceptors (Lipinski definition) is 3. The van der Waals surface area contributed by atoms with Gasteiger partial charge in [-0.05, 0) is 42.3 Å². The summed E-state index contributed by atoms with van der Waals surface area (Å²) in [6.07, 6.45) is 0.0448. The van der Waals surface area contributed by atoms with Crippen LogP contribution in [-0.2, 0) is 9.59 Å². The number of benzene rings is 2. The van der Waals surface area contributed by atoms with E-state index < -0.39 is 11.7 Å². The fourth-order valence-corrected chi connectivity index (χ4v) is 2.84. The van der Waals surface area contributed by atoms with Crippen LogP contribution >= 0.6 is 0 Å². The molecule has 0 aromatic heterocycles. The van der Waals surface area contributed by atoms with Gasteiger partial charge in [-0.25, -0.2) is 4.39 Å². The third-order valence-electron chi connectivity index (χ3n) is 4.03. The van der Waals surface area contributed by atoms with Gasteiger partial charge in [0.2, 0.25) is 11.8 Å². The molecule has 1 aliphatic rings. The van der Waals surface area contributed by atoms with E-state index in [1.807, 2.05) is 31.2 Å². The molecule has 0 aliphatic carbocycles. The Bertz CT molecular complexity index is 807. The van der Waals surface area contributed by atoms with Gasteiger partial charge in [0.1, 0.15) is 18.2 Å². The van der Waals surface area contributed by atoms with E-state index in [4.69, 9.17) is 4.74 Å². The Labute approximate surface area is 145 Å². The maximum Gasteiger partial charge on any atom is 0.228 e. The van der Waals surface area contributed by atoms with E-state index >= 15 is 0 Å². The fraction of sp³-hybridized carbons (Fsp3) is 0.263. The van der Waals surface area contributed by atoms with Gasteiger partial charge in [0.05, 0.1) is 12.5 Å². The highest BCUT2D eigenvalue weighted by molar-refractivity contribution is 6.01. The molecule has 0 bridgehead atoms. The van der Waals surface area contributed by atoms with Gasteiger partial charge in [0.15, 0.2) is 0 Å². The van der Waals surface area contributed by atoms with E-state index in [2.05, 4.69) is 10.6 Å². The molecule has 1 aliphatic heterocycles. The minimum absolute atomic E-state index is 0.0448. The van der Waals surface area contributed by atoms with Crippen LogP contribution in [0.25, 0.3) is 0 Å². The number of aryl methyl sites for hydroxylation is 1. The maximum absolute atomic E-state index is 13.3. The largest absolute Gasteiger partial charge is 0.492 e. The fourth-order valence-electron chi connectivity index (χ4n) is 2.84. The van der Waals surface area contributed by atoms with Crippen LogP contribution in [0.3, 0.4) is 0 Å². The van der Waals surface area contributed by atoms with E-state index in [-0.39, 0.29) is 18.2 Å². The van der Waals surface area contributed by atoms with Crippen LogP contribution in [0.1, 0.15) is 23.5 Å². The van der Waals surface area contributed by atoms with Gasteiger partial charge in [-0.15, -0.1) is 0 Å². The molecule has 25 heavy (non-hydrogen) atoms. The lowest BCUT2D eigenvalue weighted by Gasteiger charge is -2.24. The van der Waals surface area contributed by atoms with Crippen molar-refractivity contribution in [2.75, 3.05) is 18.5 Å². The Balaban J connectivity index is 1.57. The van der Waals surface area contributed by atoms with Crippen LogP contribution in [0.4, 0.5) is 10.1 Å². The molecule has 0 spiro atoms. The van der Waals surface area contributed by atoms with Gasteiger partial charge >= 0.3 is 0 Å². The molecule has 2 aromatic carbocycles. The quantitative estimate of drug-likeness (QED) is 0.821. The van der Waals surface area contributed by atoms with E-state index in [1.54, 1.807) is 0 Å². The molecule has 0 fully saturated rings. The Morgan fingerprint density at radius 2 is 2.16 bits per heavy atom. The van der Waals surface area contributed by atoms with Crippen molar-refractivity contribution in [3.05, 3.63) is 59.4 Å². The minimum Gasteiger partial charge on any atom is -0.492 e. The summed E-state index contributed by atoms with van der Waals surface area (Å²) in [6, 6.07) is 11.7. The van der Waals surface area contributed by atoms with Crippen molar-refractivity contribution < 1.29 is 18.7 Å². The topological polar surface area (TPSA) is 67.4 Å². The summed E-state index contributed by atoms with van der Waals surface area (Å²) in [5, 5.41) is 5.37. The first-order valence-corrected chi connectivity index (χ1v) is 8.09. The highest BCUT2D eigenvalue weighted by Gasteiger charge is 2.30. The first-order chi connectivity index (χ1) is 12.0. The van der Waals surface area contributed by atoms with Crippen LogP contribution < -0.4 is 15.4 Å². The second-order valence-electron chi connectivity index (χ2n) is 5.99. The Morgan fingerprint density at radius 1 is 1.32 bits per heavy atom. The van der Waals surface area contributed by atoms with Crippen molar-refractivity contribution in [2.24, 2.45) is 0 Å². The van der Waals surface area contributed by atoms with Gasteiger partial charge in [0, 0.05) is 12.1 Å². The number of anilines is 1. The third kappa shape index (κ3) is 4.15. The van der Waals surface area contributed by atoms with Gasteiger partial charge < -0.3 is 15.4 Å². The SMILES string of the molecule is Cc1cccc(OCCNC(=O)C2CC(=O)Nc3cc(F)ccc32)c1. The molecular weight excluding hydrogens is 323 g/mol. The molecule has 0 radical (unpaired) electrons. The molecule has 1 heterocycles. The molecule has 2 N–H and O–H groups in total. The van der Waals surface area contributed by atoms with Crippen molar-refractivity contribution in [2.45, 2.75) is 19.3 Å². The van der Waals surface area contributed by atoms with Crippen LogP contribution in [-0.4, -0.2) is 25.0 Å². The van der Waals surface area contributed by atoms with Crippen LogP contribution in [0.2, 0.25) is 0 Å². The normalized spacial score (nSPS) is 15.9. The molecule has 0 saturated heterocycles. The average Bonchev–Trinajstić information content (AvgIpc) is 2.57. The third-order valence-corrected chi connectivity index (χ3v) is 4.03. The van der Waals surface area contributed by atoms with Crippen molar-refractivity contribution in [1.82, 2.24) is 5.32 Å². The number of hydrogen-bond donors (Lipinski definition) is 2. The van der Waals surface area contributed by atoms with Gasteiger partial charge in [-0.2, -0.15) is 0 Å². The number of rotatable bonds is 5. The van der Waals surface area contributed by atoms with E-state index in [0.717, 1.165) is 11.3 Å². The molecule has 2 aromatic rings. The molecule has 6 heteroatoms. The van der Waals surface area contributed by atoms with Crippen molar-refractivity contribution in [1.29, 1.82) is 0 Å². The zero-order chi connectivity index (χ0) is 17.8. The van der Waals surface area contributed by atoms with Crippen LogP contribution in [0, 0.1) is 12.7 Å². The summed E-state index contributed by atoms with van der Waals surface area (Å²) in [5.41, 5.74) is 2.07. The summed E-state index contributed by atoms with van der Waals surface area (Å²) in [5.74, 6) is -0.896. The van der Waals surface area contributed by atoms with Gasteiger partial charge in [-0.1, -0.05) is 18.2 Å². The molecular formula is C19H19FN2O3. The van der Waals surface area contributed by atoms with Crippen molar-refractivity contribution in [3.63, 3.8) is 0 Å². The first-order valence-electron chi connectivity index (χ1n) is 8.09. The number of carbonyl (C=O) groups is 2. The molecule has 5 nitrogen and oxygen atoms in total. The predicted molar refractivity (Wildman–Crippen MR) is 92.1 cm³/mol. The Morgan fingerprint density at radius 3 is 2.96 bits per heavy atom. The summed E-state index contributed by atoms with van der Waals surface area (Å²) in [7, 11) is 0. The molecule has 130 valence electrons. The van der Waals surface area contributed by atoms with E-state index in [9.17, 15) is 14.0 Å². The first kappa shape index (κ1) is 17.0. The zero-order valence-corrected chi connectivity index (χ0v) is 13.8. The highest BCUT2D eigenvalue weighted by Crippen LogP contribution is 2.32. The zero-order valence-electron chi connectivity index (χ0n) is 13.8. The Kier molecular flexibility index (Phi) is 4.97. The monoisotopic (exact) mass is 342 g/mol. The van der Waals surface area contributed by atoms with E-state index in [0.29, 0.717) is 24.4 Å². The molecule has 2 amide bonds. The molecule has 0 saturated carbocycles. The number of halogens is 1. The van der Waals surface area contributed by atoms with Gasteiger partial charge in [-0.3, -0.25) is 9.59 Å². The summed E-state index contributed by atoms with van der Waals surface area (Å²) < 4.78 is 18.9. The van der Waals surface area contributed by atoms with Crippen LogP contribution in [0.15, 0.2) is 42.5 Å². The second-order valence-corrected chi connectivity index (χ2v) is 5.99. The number of fused-ring (bicyclic) bond motifs is 1. The number of carbonyl (C=O) groups excluding carboxylic acids is 2. The molecule has 1 unspecified atom stereocenters. The maximum atomic E-state index is 13.3. The average molecular weight is 342 g/mol. The van der Waals surface area contributed by atoms with E-state index in [1.165, 1.54) is 18.2 Å². The summed E-state index contributed by atoms with van der Waals surface area (Å²) in [6.45, 7) is 2.62. The van der Waals surface area contributed by atoms with Crippen molar-refractivity contribution in [3.8, 4) is 5.75 Å². The lowest BCUT2D eigenvalue weighted by Crippen LogP contribution is -2.36. The van der Waals surface area contributed by atoms with Crippen molar-refractivity contribution >= 4 is 17.5 Å².